The fourth-order valence-corrected chi connectivity index (χ4v) is 2.20. The van der Waals surface area contributed by atoms with E-state index in [0.717, 1.165) is 33.9 Å². The molecule has 5 heteroatoms. The Labute approximate surface area is 122 Å². The van der Waals surface area contributed by atoms with Crippen molar-refractivity contribution in [3.05, 3.63) is 42.5 Å². The molecule has 3 aromatic rings. The van der Waals surface area contributed by atoms with Gasteiger partial charge in [-0.25, -0.2) is 4.98 Å². The number of hydrogen-bond donors (Lipinski definition) is 3. The van der Waals surface area contributed by atoms with E-state index in [9.17, 15) is 0 Å². The highest BCUT2D eigenvalue weighted by Gasteiger charge is 2.06. The molecule has 1 heterocycles. The van der Waals surface area contributed by atoms with Crippen molar-refractivity contribution < 1.29 is 9.84 Å². The first-order valence-electron chi connectivity index (χ1n) is 6.79. The second kappa shape index (κ2) is 5.85. The third-order valence-electron chi connectivity index (χ3n) is 3.29. The van der Waals surface area contributed by atoms with Crippen molar-refractivity contribution in [1.29, 1.82) is 0 Å². The molecule has 0 atom stereocenters. The summed E-state index contributed by atoms with van der Waals surface area (Å²) < 4.78 is 5.21. The Bertz CT molecular complexity index is 735. The van der Waals surface area contributed by atoms with Crippen LogP contribution in [0.25, 0.3) is 22.4 Å². The van der Waals surface area contributed by atoms with Gasteiger partial charge in [0, 0.05) is 23.9 Å². The molecular weight excluding hydrogens is 266 g/mol. The lowest BCUT2D eigenvalue weighted by Gasteiger charge is -2.04. The number of aliphatic hydroxyl groups is 1. The van der Waals surface area contributed by atoms with E-state index in [1.165, 1.54) is 0 Å². The SMILES string of the molecule is COc1ccc2nc(-c3ccc(NCCO)cc3)[nH]c2c1. The van der Waals surface area contributed by atoms with Gasteiger partial charge in [-0.2, -0.15) is 0 Å². The molecule has 0 amide bonds. The van der Waals surface area contributed by atoms with Crippen LogP contribution in [0.15, 0.2) is 42.5 Å². The van der Waals surface area contributed by atoms with Crippen molar-refractivity contribution in [1.82, 2.24) is 9.97 Å². The molecule has 0 spiro atoms. The van der Waals surface area contributed by atoms with E-state index in [-0.39, 0.29) is 6.61 Å². The van der Waals surface area contributed by atoms with Gasteiger partial charge in [0.1, 0.15) is 11.6 Å². The van der Waals surface area contributed by atoms with Crippen LogP contribution >= 0.6 is 0 Å². The molecule has 0 saturated carbocycles. The second-order valence-corrected chi connectivity index (χ2v) is 4.70. The molecule has 108 valence electrons. The van der Waals surface area contributed by atoms with Crippen LogP contribution < -0.4 is 10.1 Å². The molecular formula is C16H17N3O2. The summed E-state index contributed by atoms with van der Waals surface area (Å²) in [5.74, 6) is 1.63. The minimum Gasteiger partial charge on any atom is -0.497 e. The molecule has 0 bridgehead atoms. The van der Waals surface area contributed by atoms with Crippen molar-refractivity contribution >= 4 is 16.7 Å². The molecule has 21 heavy (non-hydrogen) atoms. The Morgan fingerprint density at radius 2 is 2.00 bits per heavy atom. The molecule has 3 rings (SSSR count). The van der Waals surface area contributed by atoms with E-state index in [0.29, 0.717) is 6.54 Å². The highest BCUT2D eigenvalue weighted by Crippen LogP contribution is 2.24. The van der Waals surface area contributed by atoms with Gasteiger partial charge in [0.2, 0.25) is 0 Å². The summed E-state index contributed by atoms with van der Waals surface area (Å²) >= 11 is 0. The number of nitrogens with zero attached hydrogens (tertiary/aromatic N) is 1. The fourth-order valence-electron chi connectivity index (χ4n) is 2.20. The number of aromatic amines is 1. The van der Waals surface area contributed by atoms with Crippen molar-refractivity contribution in [2.45, 2.75) is 0 Å². The molecule has 1 aromatic heterocycles. The van der Waals surface area contributed by atoms with Gasteiger partial charge >= 0.3 is 0 Å². The predicted octanol–water partition coefficient (Wildman–Crippen LogP) is 2.64. The lowest BCUT2D eigenvalue weighted by Crippen LogP contribution is -2.04. The largest absolute Gasteiger partial charge is 0.497 e. The third-order valence-corrected chi connectivity index (χ3v) is 3.29. The third kappa shape index (κ3) is 2.83. The molecule has 0 radical (unpaired) electrons. The minimum absolute atomic E-state index is 0.118. The van der Waals surface area contributed by atoms with Crippen LogP contribution in [0.5, 0.6) is 5.75 Å². The van der Waals surface area contributed by atoms with Crippen molar-refractivity contribution in [3.8, 4) is 17.1 Å². The predicted molar refractivity (Wildman–Crippen MR) is 83.7 cm³/mol. The zero-order valence-corrected chi connectivity index (χ0v) is 11.8. The van der Waals surface area contributed by atoms with Gasteiger partial charge < -0.3 is 20.1 Å². The molecule has 0 saturated heterocycles. The van der Waals surface area contributed by atoms with Crippen molar-refractivity contribution in [2.24, 2.45) is 0 Å². The van der Waals surface area contributed by atoms with E-state index in [2.05, 4.69) is 15.3 Å². The summed E-state index contributed by atoms with van der Waals surface area (Å²) in [6.07, 6.45) is 0. The Kier molecular flexibility index (Phi) is 3.75. The Hall–Kier alpha value is -2.53. The summed E-state index contributed by atoms with van der Waals surface area (Å²) in [7, 11) is 1.65. The number of rotatable bonds is 5. The van der Waals surface area contributed by atoms with Crippen molar-refractivity contribution in [2.75, 3.05) is 25.6 Å². The second-order valence-electron chi connectivity index (χ2n) is 4.70. The average molecular weight is 283 g/mol. The zero-order valence-electron chi connectivity index (χ0n) is 11.8. The first-order valence-corrected chi connectivity index (χ1v) is 6.79. The van der Waals surface area contributed by atoms with E-state index < -0.39 is 0 Å². The quantitative estimate of drug-likeness (QED) is 0.673. The van der Waals surface area contributed by atoms with E-state index in [4.69, 9.17) is 9.84 Å². The summed E-state index contributed by atoms with van der Waals surface area (Å²) in [6, 6.07) is 13.7. The fraction of sp³-hybridized carbons (Fsp3) is 0.188. The van der Waals surface area contributed by atoms with E-state index >= 15 is 0 Å². The minimum atomic E-state index is 0.118. The molecule has 2 aromatic carbocycles. The number of hydrogen-bond acceptors (Lipinski definition) is 4. The first-order chi connectivity index (χ1) is 10.3. The summed E-state index contributed by atoms with van der Waals surface area (Å²) in [5.41, 5.74) is 3.85. The Morgan fingerprint density at radius 3 is 2.71 bits per heavy atom. The number of benzene rings is 2. The Morgan fingerprint density at radius 1 is 1.19 bits per heavy atom. The van der Waals surface area contributed by atoms with Crippen LogP contribution in [-0.4, -0.2) is 35.3 Å². The smallest absolute Gasteiger partial charge is 0.138 e. The summed E-state index contributed by atoms with van der Waals surface area (Å²) in [5, 5.41) is 11.9. The number of methoxy groups -OCH3 is 1. The van der Waals surface area contributed by atoms with Crippen molar-refractivity contribution in [3.63, 3.8) is 0 Å². The normalized spacial score (nSPS) is 10.8. The number of aliphatic hydroxyl groups excluding tert-OH is 1. The number of aromatic nitrogens is 2. The maximum Gasteiger partial charge on any atom is 0.138 e. The van der Waals surface area contributed by atoms with Crippen LogP contribution in [0.1, 0.15) is 0 Å². The highest BCUT2D eigenvalue weighted by atomic mass is 16.5. The van der Waals surface area contributed by atoms with Gasteiger partial charge in [0.05, 0.1) is 24.8 Å². The van der Waals surface area contributed by atoms with Gasteiger partial charge in [0.15, 0.2) is 0 Å². The number of anilines is 1. The van der Waals surface area contributed by atoms with Gasteiger partial charge in [-0.15, -0.1) is 0 Å². The molecule has 0 aliphatic rings. The van der Waals surface area contributed by atoms with Gasteiger partial charge in [0.25, 0.3) is 0 Å². The van der Waals surface area contributed by atoms with Crippen LogP contribution in [0.3, 0.4) is 0 Å². The molecule has 5 nitrogen and oxygen atoms in total. The van der Waals surface area contributed by atoms with Gasteiger partial charge in [-0.05, 0) is 36.4 Å². The van der Waals surface area contributed by atoms with Gasteiger partial charge in [-0.1, -0.05) is 0 Å². The topological polar surface area (TPSA) is 70.2 Å². The van der Waals surface area contributed by atoms with Crippen LogP contribution in [-0.2, 0) is 0 Å². The molecule has 0 fully saturated rings. The van der Waals surface area contributed by atoms with Crippen LogP contribution in [0.4, 0.5) is 5.69 Å². The molecule has 0 aliphatic heterocycles. The van der Waals surface area contributed by atoms with Crippen LogP contribution in [0.2, 0.25) is 0 Å². The van der Waals surface area contributed by atoms with E-state index in [1.54, 1.807) is 7.11 Å². The Balaban J connectivity index is 1.89. The molecule has 0 aliphatic carbocycles. The maximum absolute atomic E-state index is 8.80. The number of nitrogens with one attached hydrogen (secondary N) is 2. The zero-order chi connectivity index (χ0) is 14.7. The summed E-state index contributed by atoms with van der Waals surface area (Å²) in [4.78, 5) is 7.88. The first kappa shape index (κ1) is 13.5. The standard InChI is InChI=1S/C16H17N3O2/c1-21-13-6-7-14-15(10-13)19-16(18-14)11-2-4-12(5-3-11)17-8-9-20/h2-7,10,17,20H,8-9H2,1H3,(H,18,19). The monoisotopic (exact) mass is 283 g/mol. The number of imidazole rings is 1. The van der Waals surface area contributed by atoms with Gasteiger partial charge in [-0.3, -0.25) is 0 Å². The number of fused-ring (bicyclic) bond motifs is 1. The molecule has 0 unspecified atom stereocenters. The highest BCUT2D eigenvalue weighted by molar-refractivity contribution is 5.80. The lowest BCUT2D eigenvalue weighted by molar-refractivity contribution is 0.311. The lowest BCUT2D eigenvalue weighted by atomic mass is 10.2. The number of ether oxygens (including phenoxy) is 1. The average Bonchev–Trinajstić information content (AvgIpc) is 2.96. The maximum atomic E-state index is 8.80. The van der Waals surface area contributed by atoms with Crippen LogP contribution in [0, 0.1) is 0 Å². The van der Waals surface area contributed by atoms with E-state index in [1.807, 2.05) is 42.5 Å². The molecule has 3 N–H and O–H groups in total. The summed E-state index contributed by atoms with van der Waals surface area (Å²) in [6.45, 7) is 0.664. The number of H-pyrrole nitrogens is 1.